The van der Waals surface area contributed by atoms with Crippen LogP contribution in [0, 0.1) is 0 Å². The fourth-order valence-electron chi connectivity index (χ4n) is 4.12. The number of nitrogens with zero attached hydrogens (tertiary/aromatic N) is 4. The summed E-state index contributed by atoms with van der Waals surface area (Å²) in [7, 11) is 10.4. The van der Waals surface area contributed by atoms with Crippen molar-refractivity contribution in [2.24, 2.45) is 0 Å². The quantitative estimate of drug-likeness (QED) is 0.331. The first-order valence-electron chi connectivity index (χ1n) is 15.4. The normalized spacial score (nSPS) is 11.3. The van der Waals surface area contributed by atoms with Crippen LogP contribution in [0.3, 0.4) is 0 Å². The summed E-state index contributed by atoms with van der Waals surface area (Å²) in [6.07, 6.45) is 1.77. The Labute approximate surface area is 277 Å². The number of aromatic nitrogens is 1. The number of amides is 3. The highest BCUT2D eigenvalue weighted by Crippen LogP contribution is 2.31. The molecule has 8 nitrogen and oxygen atoms in total. The van der Waals surface area contributed by atoms with Gasteiger partial charge in [0.25, 0.3) is 17.7 Å². The van der Waals surface area contributed by atoms with Crippen LogP contribution in [-0.2, 0) is 16.2 Å². The van der Waals surface area contributed by atoms with Gasteiger partial charge in [-0.15, -0.1) is 0 Å². The second-order valence-electron chi connectivity index (χ2n) is 15.1. The van der Waals surface area contributed by atoms with E-state index in [1.54, 1.807) is 65.5 Å². The van der Waals surface area contributed by atoms with Gasteiger partial charge in [0.15, 0.2) is 0 Å². The maximum atomic E-state index is 11.7. The van der Waals surface area contributed by atoms with Crippen molar-refractivity contribution in [3.8, 4) is 5.75 Å². The number of carbonyl (C=O) groups excluding carboxylic acids is 3. The van der Waals surface area contributed by atoms with Crippen LogP contribution in [0.5, 0.6) is 5.75 Å². The Morgan fingerprint density at radius 3 is 1.30 bits per heavy atom. The number of carbonyl (C=O) groups is 3. The van der Waals surface area contributed by atoms with E-state index in [4.69, 9.17) is 0 Å². The number of phenols is 1. The standard InChI is InChI=1S/C13H19NO2.C13H19NO.C12H18N2O/c1-13(2,3)10-7-6-9(8-11(10)15)12(16)14(4)5;1-13(2,3)11-8-6-10(7-9-11)12(15)14(4)5;1-12(2,3)9-6-7-10(13-8-9)11(15)14(4)5/h6-8,15H,1-5H3;6-9H,1-5H3;6-8H,1-5H3. The van der Waals surface area contributed by atoms with Crippen molar-refractivity contribution < 1.29 is 19.5 Å². The summed E-state index contributed by atoms with van der Waals surface area (Å²) in [5.41, 5.74) is 5.07. The fourth-order valence-corrected chi connectivity index (χ4v) is 4.12. The number of phenolic OH excluding ortho intramolecular Hbond substituents is 1. The molecule has 0 fully saturated rings. The summed E-state index contributed by atoms with van der Waals surface area (Å²) in [4.78, 5) is 43.7. The molecule has 8 heteroatoms. The molecule has 3 amide bonds. The zero-order chi connectivity index (χ0) is 35.8. The topological polar surface area (TPSA) is 94.0 Å². The number of benzene rings is 2. The van der Waals surface area contributed by atoms with Gasteiger partial charge in [0.05, 0.1) is 0 Å². The third-order valence-electron chi connectivity index (χ3n) is 7.12. The average molecular weight is 633 g/mol. The van der Waals surface area contributed by atoms with Gasteiger partial charge in [-0.1, -0.05) is 86.6 Å². The molecule has 2 aromatic carbocycles. The van der Waals surface area contributed by atoms with Gasteiger partial charge in [-0.25, -0.2) is 0 Å². The minimum Gasteiger partial charge on any atom is -0.508 e. The molecule has 0 atom stereocenters. The van der Waals surface area contributed by atoms with Gasteiger partial charge < -0.3 is 19.8 Å². The van der Waals surface area contributed by atoms with Crippen LogP contribution in [0.1, 0.15) is 110 Å². The smallest absolute Gasteiger partial charge is 0.271 e. The first kappa shape index (κ1) is 39.8. The zero-order valence-corrected chi connectivity index (χ0v) is 30.7. The Morgan fingerprint density at radius 1 is 0.543 bits per heavy atom. The van der Waals surface area contributed by atoms with Gasteiger partial charge in [-0.2, -0.15) is 0 Å². The van der Waals surface area contributed by atoms with Crippen LogP contribution in [0.15, 0.2) is 60.8 Å². The molecular weight excluding hydrogens is 576 g/mol. The minimum atomic E-state index is -0.121. The molecule has 1 N–H and O–H groups in total. The largest absolute Gasteiger partial charge is 0.508 e. The highest BCUT2D eigenvalue weighted by Gasteiger charge is 2.20. The molecule has 0 aliphatic heterocycles. The lowest BCUT2D eigenvalue weighted by atomic mass is 9.86. The lowest BCUT2D eigenvalue weighted by molar-refractivity contribution is 0.0816. The van der Waals surface area contributed by atoms with Gasteiger partial charge in [-0.05, 0) is 63.3 Å². The summed E-state index contributed by atoms with van der Waals surface area (Å²) in [6.45, 7) is 18.9. The highest BCUT2D eigenvalue weighted by molar-refractivity contribution is 5.94. The fraction of sp³-hybridized carbons (Fsp3) is 0.474. The molecule has 0 saturated heterocycles. The molecule has 1 heterocycles. The van der Waals surface area contributed by atoms with E-state index in [0.29, 0.717) is 11.3 Å². The lowest BCUT2D eigenvalue weighted by Gasteiger charge is -2.21. The number of hydrogen-bond acceptors (Lipinski definition) is 5. The second-order valence-corrected chi connectivity index (χ2v) is 15.1. The summed E-state index contributed by atoms with van der Waals surface area (Å²) in [6, 6.07) is 16.7. The van der Waals surface area contributed by atoms with E-state index in [1.807, 2.05) is 57.2 Å². The summed E-state index contributed by atoms with van der Waals surface area (Å²) in [5, 5.41) is 9.89. The maximum Gasteiger partial charge on any atom is 0.271 e. The molecule has 46 heavy (non-hydrogen) atoms. The Hall–Kier alpha value is -4.20. The average Bonchev–Trinajstić information content (AvgIpc) is 2.95. The third kappa shape index (κ3) is 12.0. The molecule has 0 spiro atoms. The summed E-state index contributed by atoms with van der Waals surface area (Å²) in [5.74, 6) is 0.0712. The first-order valence-corrected chi connectivity index (χ1v) is 15.4. The molecule has 3 rings (SSSR count). The van der Waals surface area contributed by atoms with Gasteiger partial charge in [0, 0.05) is 59.6 Å². The maximum absolute atomic E-state index is 11.7. The molecule has 0 bridgehead atoms. The van der Waals surface area contributed by atoms with Crippen molar-refractivity contribution in [2.45, 2.75) is 78.6 Å². The van der Waals surface area contributed by atoms with E-state index < -0.39 is 0 Å². The van der Waals surface area contributed by atoms with Crippen LogP contribution in [0.25, 0.3) is 0 Å². The Kier molecular flexibility index (Phi) is 13.7. The summed E-state index contributed by atoms with van der Waals surface area (Å²) < 4.78 is 0. The molecular formula is C38H56N4O4. The summed E-state index contributed by atoms with van der Waals surface area (Å²) >= 11 is 0. The molecule has 3 aromatic rings. The number of rotatable bonds is 3. The van der Waals surface area contributed by atoms with E-state index in [1.165, 1.54) is 21.4 Å². The second kappa shape index (κ2) is 15.9. The van der Waals surface area contributed by atoms with Gasteiger partial charge in [0.2, 0.25) is 0 Å². The minimum absolute atomic E-state index is 0.0514. The molecule has 0 saturated carbocycles. The number of hydrogen-bond donors (Lipinski definition) is 1. The van der Waals surface area contributed by atoms with E-state index in [9.17, 15) is 19.5 Å². The van der Waals surface area contributed by atoms with Crippen LogP contribution < -0.4 is 0 Å². The van der Waals surface area contributed by atoms with Gasteiger partial charge in [-0.3, -0.25) is 19.4 Å². The van der Waals surface area contributed by atoms with Crippen molar-refractivity contribution in [3.05, 3.63) is 94.3 Å². The van der Waals surface area contributed by atoms with E-state index in [-0.39, 0.29) is 39.7 Å². The number of aromatic hydroxyl groups is 1. The van der Waals surface area contributed by atoms with E-state index in [0.717, 1.165) is 16.7 Å². The Morgan fingerprint density at radius 2 is 0.957 bits per heavy atom. The van der Waals surface area contributed by atoms with Crippen molar-refractivity contribution in [3.63, 3.8) is 0 Å². The highest BCUT2D eigenvalue weighted by atomic mass is 16.3. The van der Waals surface area contributed by atoms with Crippen molar-refractivity contribution in [1.29, 1.82) is 0 Å². The SMILES string of the molecule is CN(C)C(=O)c1ccc(C(C)(C)C)c(O)c1.CN(C)C(=O)c1ccc(C(C)(C)C)cc1.CN(C)C(=O)c1ccc(C(C)(C)C)cn1. The van der Waals surface area contributed by atoms with Gasteiger partial charge in [0.1, 0.15) is 11.4 Å². The van der Waals surface area contributed by atoms with E-state index >= 15 is 0 Å². The Bertz CT molecular complexity index is 1380. The predicted molar refractivity (Wildman–Crippen MR) is 189 cm³/mol. The van der Waals surface area contributed by atoms with Crippen LogP contribution in [-0.4, -0.2) is 84.8 Å². The molecule has 0 radical (unpaired) electrons. The Balaban J connectivity index is 0.000000345. The van der Waals surface area contributed by atoms with Crippen LogP contribution in [0.4, 0.5) is 0 Å². The van der Waals surface area contributed by atoms with Crippen molar-refractivity contribution >= 4 is 17.7 Å². The molecule has 0 aliphatic rings. The predicted octanol–water partition coefficient (Wildman–Crippen LogP) is 7.16. The molecule has 0 aliphatic carbocycles. The molecule has 0 unspecified atom stereocenters. The first-order chi connectivity index (χ1) is 20.9. The molecule has 1 aromatic heterocycles. The van der Waals surface area contributed by atoms with Gasteiger partial charge >= 0.3 is 0 Å². The lowest BCUT2D eigenvalue weighted by Crippen LogP contribution is -2.23. The van der Waals surface area contributed by atoms with Crippen LogP contribution in [0.2, 0.25) is 0 Å². The van der Waals surface area contributed by atoms with Crippen molar-refractivity contribution in [2.75, 3.05) is 42.3 Å². The van der Waals surface area contributed by atoms with Crippen molar-refractivity contribution in [1.82, 2.24) is 19.7 Å². The molecule has 252 valence electrons. The number of pyridine rings is 1. The third-order valence-corrected chi connectivity index (χ3v) is 7.12. The zero-order valence-electron chi connectivity index (χ0n) is 30.7. The van der Waals surface area contributed by atoms with E-state index in [2.05, 4.69) is 46.5 Å². The van der Waals surface area contributed by atoms with Crippen LogP contribution >= 0.6 is 0 Å². The monoisotopic (exact) mass is 632 g/mol.